The Balaban J connectivity index is 1.83. The molecule has 3 rings (SSSR count). The maximum atomic E-state index is 9.43. The van der Waals surface area contributed by atoms with Crippen LogP contribution in [-0.2, 0) is 5.41 Å². The quantitative estimate of drug-likeness (QED) is 0.871. The number of hydrogen-bond donors (Lipinski definition) is 1. The van der Waals surface area contributed by atoms with Crippen LogP contribution in [0, 0.1) is 0 Å². The molecule has 0 unspecified atom stereocenters. The number of aliphatic hydroxyl groups is 1. The SMILES string of the molecule is OCC1(c2nccc(C3CCCCC3)n2)CC1. The molecule has 1 aromatic rings. The van der Waals surface area contributed by atoms with Gasteiger partial charge in [-0.05, 0) is 31.7 Å². The molecule has 92 valence electrons. The van der Waals surface area contributed by atoms with Gasteiger partial charge >= 0.3 is 0 Å². The van der Waals surface area contributed by atoms with Crippen molar-refractivity contribution in [3.63, 3.8) is 0 Å². The summed E-state index contributed by atoms with van der Waals surface area (Å²) in [6.45, 7) is 0.196. The van der Waals surface area contributed by atoms with Crippen LogP contribution >= 0.6 is 0 Å². The Kier molecular flexibility index (Phi) is 2.87. The van der Waals surface area contributed by atoms with Gasteiger partial charge in [0.2, 0.25) is 0 Å². The molecule has 0 aromatic carbocycles. The van der Waals surface area contributed by atoms with Gasteiger partial charge in [-0.25, -0.2) is 9.97 Å². The first-order valence-corrected chi connectivity index (χ1v) is 6.78. The van der Waals surface area contributed by atoms with Crippen LogP contribution in [0.25, 0.3) is 0 Å². The highest BCUT2D eigenvalue weighted by atomic mass is 16.3. The Hall–Kier alpha value is -0.960. The van der Waals surface area contributed by atoms with Crippen molar-refractivity contribution in [2.45, 2.75) is 56.3 Å². The molecule has 17 heavy (non-hydrogen) atoms. The molecule has 0 aliphatic heterocycles. The lowest BCUT2D eigenvalue weighted by atomic mass is 9.87. The monoisotopic (exact) mass is 232 g/mol. The summed E-state index contributed by atoms with van der Waals surface area (Å²) in [6, 6.07) is 2.06. The second-order valence-electron chi connectivity index (χ2n) is 5.58. The van der Waals surface area contributed by atoms with Gasteiger partial charge in [-0.15, -0.1) is 0 Å². The summed E-state index contributed by atoms with van der Waals surface area (Å²) >= 11 is 0. The van der Waals surface area contributed by atoms with E-state index < -0.39 is 0 Å². The summed E-state index contributed by atoms with van der Waals surface area (Å²) in [5.74, 6) is 1.50. The summed E-state index contributed by atoms with van der Waals surface area (Å²) in [7, 11) is 0. The first-order chi connectivity index (χ1) is 8.34. The molecule has 0 radical (unpaired) electrons. The minimum absolute atomic E-state index is 0.0926. The molecule has 1 aromatic heterocycles. The maximum Gasteiger partial charge on any atom is 0.136 e. The highest BCUT2D eigenvalue weighted by molar-refractivity contribution is 5.21. The van der Waals surface area contributed by atoms with E-state index in [0.29, 0.717) is 5.92 Å². The topological polar surface area (TPSA) is 46.0 Å². The number of hydrogen-bond acceptors (Lipinski definition) is 3. The van der Waals surface area contributed by atoms with Crippen LogP contribution in [-0.4, -0.2) is 21.7 Å². The lowest BCUT2D eigenvalue weighted by Crippen LogP contribution is -2.18. The molecule has 1 heterocycles. The van der Waals surface area contributed by atoms with Gasteiger partial charge in [-0.2, -0.15) is 0 Å². The summed E-state index contributed by atoms with van der Waals surface area (Å²) in [5, 5.41) is 9.43. The normalized spacial score (nSPS) is 23.6. The van der Waals surface area contributed by atoms with E-state index in [0.717, 1.165) is 18.7 Å². The molecule has 2 aliphatic rings. The average Bonchev–Trinajstić information content (AvgIpc) is 3.21. The number of aliphatic hydroxyl groups excluding tert-OH is 1. The molecule has 0 spiro atoms. The van der Waals surface area contributed by atoms with Crippen molar-refractivity contribution in [1.82, 2.24) is 9.97 Å². The molecule has 0 atom stereocenters. The molecule has 0 amide bonds. The molecular formula is C14H20N2O. The number of rotatable bonds is 3. The van der Waals surface area contributed by atoms with E-state index in [9.17, 15) is 5.11 Å². The van der Waals surface area contributed by atoms with Gasteiger partial charge in [0.15, 0.2) is 0 Å². The van der Waals surface area contributed by atoms with Gasteiger partial charge in [-0.3, -0.25) is 0 Å². The second-order valence-corrected chi connectivity index (χ2v) is 5.58. The van der Waals surface area contributed by atoms with Crippen molar-refractivity contribution < 1.29 is 5.11 Å². The van der Waals surface area contributed by atoms with E-state index in [2.05, 4.69) is 11.1 Å². The molecular weight excluding hydrogens is 212 g/mol. The number of aromatic nitrogens is 2. The summed E-state index contributed by atoms with van der Waals surface area (Å²) in [4.78, 5) is 9.10. The van der Waals surface area contributed by atoms with E-state index in [1.54, 1.807) is 0 Å². The van der Waals surface area contributed by atoms with Gasteiger partial charge in [0.25, 0.3) is 0 Å². The highest BCUT2D eigenvalue weighted by Crippen LogP contribution is 2.46. The van der Waals surface area contributed by atoms with Crippen LogP contribution in [0.2, 0.25) is 0 Å². The Bertz CT molecular complexity index is 395. The predicted molar refractivity (Wildman–Crippen MR) is 65.9 cm³/mol. The Morgan fingerprint density at radius 1 is 1.24 bits per heavy atom. The summed E-state index contributed by atoms with van der Waals surface area (Å²) in [6.07, 6.45) is 10.5. The fourth-order valence-electron chi connectivity index (χ4n) is 2.86. The predicted octanol–water partition coefficient (Wildman–Crippen LogP) is 2.55. The summed E-state index contributed by atoms with van der Waals surface area (Å²) in [5.41, 5.74) is 1.11. The molecule has 0 saturated heterocycles. The third-order valence-corrected chi connectivity index (χ3v) is 4.33. The molecule has 3 heteroatoms. The number of nitrogens with zero attached hydrogens (tertiary/aromatic N) is 2. The largest absolute Gasteiger partial charge is 0.395 e. The van der Waals surface area contributed by atoms with Crippen LogP contribution < -0.4 is 0 Å². The van der Waals surface area contributed by atoms with Crippen LogP contribution in [0.4, 0.5) is 0 Å². The van der Waals surface area contributed by atoms with E-state index in [1.165, 1.54) is 37.8 Å². The van der Waals surface area contributed by atoms with E-state index in [1.807, 2.05) is 6.20 Å². The first-order valence-electron chi connectivity index (χ1n) is 6.78. The zero-order valence-electron chi connectivity index (χ0n) is 10.2. The van der Waals surface area contributed by atoms with Crippen molar-refractivity contribution in [1.29, 1.82) is 0 Å². The van der Waals surface area contributed by atoms with Gasteiger partial charge in [-0.1, -0.05) is 19.3 Å². The zero-order valence-corrected chi connectivity index (χ0v) is 10.2. The molecule has 2 saturated carbocycles. The average molecular weight is 232 g/mol. The van der Waals surface area contributed by atoms with Gasteiger partial charge in [0.1, 0.15) is 5.82 Å². The Morgan fingerprint density at radius 2 is 2.00 bits per heavy atom. The zero-order chi connectivity index (χ0) is 11.7. The lowest BCUT2D eigenvalue weighted by Gasteiger charge is -2.22. The summed E-state index contributed by atoms with van der Waals surface area (Å²) < 4.78 is 0. The van der Waals surface area contributed by atoms with Crippen molar-refractivity contribution in [2.24, 2.45) is 0 Å². The molecule has 0 bridgehead atoms. The maximum absolute atomic E-state index is 9.43. The minimum atomic E-state index is -0.0926. The molecule has 3 nitrogen and oxygen atoms in total. The van der Waals surface area contributed by atoms with E-state index in [-0.39, 0.29) is 12.0 Å². The Labute approximate surface area is 102 Å². The fraction of sp³-hybridized carbons (Fsp3) is 0.714. The smallest absolute Gasteiger partial charge is 0.136 e. The molecule has 2 aliphatic carbocycles. The van der Waals surface area contributed by atoms with Crippen molar-refractivity contribution in [3.05, 3.63) is 23.8 Å². The van der Waals surface area contributed by atoms with Gasteiger partial charge < -0.3 is 5.11 Å². The Morgan fingerprint density at radius 3 is 2.65 bits per heavy atom. The second kappa shape index (κ2) is 4.37. The standard InChI is InChI=1S/C14H20N2O/c17-10-14(7-8-14)13-15-9-6-12(16-13)11-4-2-1-3-5-11/h6,9,11,17H,1-5,7-8,10H2. The molecule has 2 fully saturated rings. The minimum Gasteiger partial charge on any atom is -0.395 e. The van der Waals surface area contributed by atoms with Crippen molar-refractivity contribution in [2.75, 3.05) is 6.61 Å². The van der Waals surface area contributed by atoms with Crippen LogP contribution in [0.1, 0.15) is 62.4 Å². The van der Waals surface area contributed by atoms with Gasteiger partial charge in [0, 0.05) is 17.8 Å². The van der Waals surface area contributed by atoms with E-state index >= 15 is 0 Å². The van der Waals surface area contributed by atoms with Crippen LogP contribution in [0.5, 0.6) is 0 Å². The third kappa shape index (κ3) is 2.08. The van der Waals surface area contributed by atoms with Crippen LogP contribution in [0.3, 0.4) is 0 Å². The molecule has 1 N–H and O–H groups in total. The third-order valence-electron chi connectivity index (χ3n) is 4.33. The van der Waals surface area contributed by atoms with Crippen LogP contribution in [0.15, 0.2) is 12.3 Å². The van der Waals surface area contributed by atoms with E-state index in [4.69, 9.17) is 4.98 Å². The highest BCUT2D eigenvalue weighted by Gasteiger charge is 2.46. The lowest BCUT2D eigenvalue weighted by molar-refractivity contribution is 0.249. The van der Waals surface area contributed by atoms with Gasteiger partial charge in [0.05, 0.1) is 12.0 Å². The van der Waals surface area contributed by atoms with Crippen molar-refractivity contribution in [3.8, 4) is 0 Å². The van der Waals surface area contributed by atoms with Crippen molar-refractivity contribution >= 4 is 0 Å². The fourth-order valence-corrected chi connectivity index (χ4v) is 2.86. The first kappa shape index (κ1) is 11.1.